The number of likely N-dealkylation sites (N-methyl/N-ethyl adjacent to an activating group) is 1. The van der Waals surface area contributed by atoms with Crippen LogP contribution in [-0.4, -0.2) is 58.5 Å². The molecule has 1 aliphatic heterocycles. The Labute approximate surface area is 200 Å². The zero-order valence-corrected chi connectivity index (χ0v) is 20.3. The van der Waals surface area contributed by atoms with Gasteiger partial charge in [-0.3, -0.25) is 9.59 Å². The quantitative estimate of drug-likeness (QED) is 0.469. The topological polar surface area (TPSA) is 114 Å². The zero-order chi connectivity index (χ0) is 24.6. The van der Waals surface area contributed by atoms with E-state index < -0.39 is 10.0 Å². The molecule has 0 aliphatic carbocycles. The summed E-state index contributed by atoms with van der Waals surface area (Å²) in [6.45, 7) is 3.03. The predicted molar refractivity (Wildman–Crippen MR) is 129 cm³/mol. The number of aryl methyl sites for hydroxylation is 1. The van der Waals surface area contributed by atoms with E-state index in [1.807, 2.05) is 31.2 Å². The van der Waals surface area contributed by atoms with Crippen LogP contribution in [0.3, 0.4) is 0 Å². The smallest absolute Gasteiger partial charge is 0.243 e. The van der Waals surface area contributed by atoms with Crippen LogP contribution >= 0.6 is 0 Å². The van der Waals surface area contributed by atoms with Gasteiger partial charge in [0.25, 0.3) is 0 Å². The number of benzene rings is 2. The number of carbonyl (C=O) groups excluding carboxylic acids is 2. The molecule has 0 atom stereocenters. The maximum absolute atomic E-state index is 12.5. The molecule has 0 aromatic heterocycles. The van der Waals surface area contributed by atoms with Crippen LogP contribution in [0.5, 0.6) is 11.5 Å². The monoisotopic (exact) mass is 489 g/mol. The summed E-state index contributed by atoms with van der Waals surface area (Å²) < 4.78 is 38.4. The van der Waals surface area contributed by atoms with Crippen LogP contribution in [-0.2, 0) is 19.6 Å². The van der Waals surface area contributed by atoms with Gasteiger partial charge in [-0.1, -0.05) is 24.1 Å². The number of fused-ring (bicyclic) bond motifs is 1. The zero-order valence-electron chi connectivity index (χ0n) is 19.5. The molecule has 0 bridgehead atoms. The normalized spacial score (nSPS) is 12.8. The largest absolute Gasteiger partial charge is 0.486 e. The Hall–Kier alpha value is -3.11. The molecule has 2 N–H and O–H groups in total. The number of hydrogen-bond acceptors (Lipinski definition) is 6. The number of nitrogens with one attached hydrogen (secondary N) is 2. The average molecular weight is 490 g/mol. The van der Waals surface area contributed by atoms with E-state index in [9.17, 15) is 18.0 Å². The second kappa shape index (κ2) is 11.8. The first-order valence-electron chi connectivity index (χ1n) is 11.2. The molecule has 0 saturated heterocycles. The lowest BCUT2D eigenvalue weighted by Gasteiger charge is -2.19. The molecule has 1 heterocycles. The minimum atomic E-state index is -3.66. The SMILES string of the molecule is Cc1ccc(NC(=O)CN(C)C(=O)CCCCCNS(=O)(=O)c2ccc3c(c2)OCCO3)cc1. The summed E-state index contributed by atoms with van der Waals surface area (Å²) in [7, 11) is -2.06. The highest BCUT2D eigenvalue weighted by Crippen LogP contribution is 2.32. The number of ether oxygens (including phenoxy) is 2. The third-order valence-electron chi connectivity index (χ3n) is 5.33. The average Bonchev–Trinajstić information content (AvgIpc) is 2.82. The van der Waals surface area contributed by atoms with Crippen molar-refractivity contribution in [3.05, 3.63) is 48.0 Å². The van der Waals surface area contributed by atoms with Crippen molar-refractivity contribution in [2.24, 2.45) is 0 Å². The van der Waals surface area contributed by atoms with Crippen molar-refractivity contribution in [2.45, 2.75) is 37.5 Å². The number of anilines is 1. The van der Waals surface area contributed by atoms with Gasteiger partial charge in [-0.25, -0.2) is 13.1 Å². The molecule has 0 spiro atoms. The fraction of sp³-hybridized carbons (Fsp3) is 0.417. The lowest BCUT2D eigenvalue weighted by molar-refractivity contribution is -0.133. The van der Waals surface area contributed by atoms with E-state index >= 15 is 0 Å². The first kappa shape index (κ1) is 25.5. The number of unbranched alkanes of at least 4 members (excludes halogenated alkanes) is 2. The van der Waals surface area contributed by atoms with Crippen LogP contribution in [0.15, 0.2) is 47.4 Å². The number of carbonyl (C=O) groups is 2. The Bertz CT molecular complexity index is 1100. The minimum Gasteiger partial charge on any atom is -0.486 e. The van der Waals surface area contributed by atoms with E-state index in [0.29, 0.717) is 56.1 Å². The van der Waals surface area contributed by atoms with Crippen molar-refractivity contribution >= 4 is 27.5 Å². The van der Waals surface area contributed by atoms with Gasteiger partial charge in [-0.05, 0) is 44.0 Å². The molecule has 2 aromatic rings. The van der Waals surface area contributed by atoms with Crippen molar-refractivity contribution in [1.82, 2.24) is 9.62 Å². The van der Waals surface area contributed by atoms with E-state index in [4.69, 9.17) is 9.47 Å². The van der Waals surface area contributed by atoms with Gasteiger partial charge in [0, 0.05) is 31.8 Å². The fourth-order valence-electron chi connectivity index (χ4n) is 3.39. The number of hydrogen-bond donors (Lipinski definition) is 2. The van der Waals surface area contributed by atoms with Crippen molar-refractivity contribution < 1.29 is 27.5 Å². The van der Waals surface area contributed by atoms with E-state index in [1.54, 1.807) is 13.1 Å². The van der Waals surface area contributed by atoms with Crippen LogP contribution in [0.25, 0.3) is 0 Å². The Morgan fingerprint density at radius 1 is 0.971 bits per heavy atom. The van der Waals surface area contributed by atoms with Crippen LogP contribution < -0.4 is 19.5 Å². The molecule has 0 unspecified atom stereocenters. The van der Waals surface area contributed by atoms with Crippen molar-refractivity contribution in [1.29, 1.82) is 0 Å². The van der Waals surface area contributed by atoms with Crippen LogP contribution in [0, 0.1) is 6.92 Å². The van der Waals surface area contributed by atoms with Gasteiger partial charge in [-0.2, -0.15) is 0 Å². The number of amides is 2. The van der Waals surface area contributed by atoms with Gasteiger partial charge in [0.2, 0.25) is 21.8 Å². The van der Waals surface area contributed by atoms with Crippen molar-refractivity contribution in [3.8, 4) is 11.5 Å². The molecule has 2 aromatic carbocycles. The number of nitrogens with zero attached hydrogens (tertiary/aromatic N) is 1. The van der Waals surface area contributed by atoms with Crippen molar-refractivity contribution in [2.75, 3.05) is 38.7 Å². The molecule has 9 nitrogen and oxygen atoms in total. The van der Waals surface area contributed by atoms with Gasteiger partial charge in [-0.15, -0.1) is 0 Å². The third-order valence-corrected chi connectivity index (χ3v) is 6.78. The predicted octanol–water partition coefficient (Wildman–Crippen LogP) is 2.70. The molecule has 2 amide bonds. The lowest BCUT2D eigenvalue weighted by atomic mass is 10.2. The fourth-order valence-corrected chi connectivity index (χ4v) is 4.48. The third kappa shape index (κ3) is 7.46. The molecule has 34 heavy (non-hydrogen) atoms. The second-order valence-electron chi connectivity index (χ2n) is 8.18. The highest BCUT2D eigenvalue weighted by Gasteiger charge is 2.19. The van der Waals surface area contributed by atoms with E-state index in [-0.39, 0.29) is 29.8 Å². The standard InChI is InChI=1S/C24H31N3O6S/c1-18-7-9-19(10-8-18)26-23(28)17-27(2)24(29)6-4-3-5-13-25-34(30,31)20-11-12-21-22(16-20)33-15-14-32-21/h7-12,16,25H,3-6,13-15,17H2,1-2H3,(H,26,28). The minimum absolute atomic E-state index is 0.0258. The maximum Gasteiger partial charge on any atom is 0.243 e. The van der Waals surface area contributed by atoms with Crippen molar-refractivity contribution in [3.63, 3.8) is 0 Å². The summed E-state index contributed by atoms with van der Waals surface area (Å²) in [5, 5.41) is 2.77. The molecule has 3 rings (SSSR count). The summed E-state index contributed by atoms with van der Waals surface area (Å²) >= 11 is 0. The first-order chi connectivity index (χ1) is 16.2. The molecular formula is C24H31N3O6S. The molecule has 0 saturated carbocycles. The van der Waals surface area contributed by atoms with Crippen LogP contribution in [0.1, 0.15) is 31.2 Å². The van der Waals surface area contributed by atoms with E-state index in [0.717, 1.165) is 5.56 Å². The first-order valence-corrected chi connectivity index (χ1v) is 12.7. The summed E-state index contributed by atoms with van der Waals surface area (Å²) in [4.78, 5) is 25.9. The van der Waals surface area contributed by atoms with Gasteiger partial charge in [0.15, 0.2) is 11.5 Å². The molecule has 0 radical (unpaired) electrons. The Morgan fingerprint density at radius 3 is 2.41 bits per heavy atom. The highest BCUT2D eigenvalue weighted by atomic mass is 32.2. The highest BCUT2D eigenvalue weighted by molar-refractivity contribution is 7.89. The van der Waals surface area contributed by atoms with Gasteiger partial charge in [0.1, 0.15) is 13.2 Å². The molecule has 10 heteroatoms. The Balaban J connectivity index is 1.33. The maximum atomic E-state index is 12.5. The molecule has 0 fully saturated rings. The van der Waals surface area contributed by atoms with E-state index in [2.05, 4.69) is 10.0 Å². The Kier molecular flexibility index (Phi) is 8.89. The molecular weight excluding hydrogens is 458 g/mol. The molecule has 184 valence electrons. The Morgan fingerprint density at radius 2 is 1.68 bits per heavy atom. The van der Waals surface area contributed by atoms with Gasteiger partial charge >= 0.3 is 0 Å². The van der Waals surface area contributed by atoms with Crippen LogP contribution in [0.4, 0.5) is 5.69 Å². The number of rotatable bonds is 11. The molecule has 1 aliphatic rings. The van der Waals surface area contributed by atoms with Crippen LogP contribution in [0.2, 0.25) is 0 Å². The summed E-state index contributed by atoms with van der Waals surface area (Å²) in [5.74, 6) is 0.570. The lowest BCUT2D eigenvalue weighted by Crippen LogP contribution is -2.34. The van der Waals surface area contributed by atoms with Gasteiger partial charge < -0.3 is 19.7 Å². The second-order valence-corrected chi connectivity index (χ2v) is 9.94. The van der Waals surface area contributed by atoms with E-state index in [1.165, 1.54) is 17.0 Å². The summed E-state index contributed by atoms with van der Waals surface area (Å²) in [6.07, 6.45) is 2.17. The summed E-state index contributed by atoms with van der Waals surface area (Å²) in [5.41, 5.74) is 1.79. The summed E-state index contributed by atoms with van der Waals surface area (Å²) in [6, 6.07) is 12.0. The van der Waals surface area contributed by atoms with Gasteiger partial charge in [0.05, 0.1) is 11.4 Å². The number of sulfonamides is 1.